The molecule has 0 aromatic heterocycles. The number of fused-ring (bicyclic) bond motifs is 5. The minimum Gasteiger partial charge on any atom is -0.454 e. The fourth-order valence-electron chi connectivity index (χ4n) is 5.56. The van der Waals surface area contributed by atoms with Crippen LogP contribution in [0.2, 0.25) is 0 Å². The highest BCUT2D eigenvalue weighted by Crippen LogP contribution is 2.60. The van der Waals surface area contributed by atoms with Gasteiger partial charge in [0.1, 0.15) is 0 Å². The van der Waals surface area contributed by atoms with E-state index in [0.29, 0.717) is 11.3 Å². The van der Waals surface area contributed by atoms with Crippen molar-refractivity contribution >= 4 is 61.1 Å². The first-order valence-corrected chi connectivity index (χ1v) is 13.1. The van der Waals surface area contributed by atoms with E-state index in [2.05, 4.69) is 31.9 Å². The predicted molar refractivity (Wildman–Crippen MR) is 133 cm³/mol. The Morgan fingerprint density at radius 2 is 1.44 bits per heavy atom. The molecule has 2 aliphatic carbocycles. The van der Waals surface area contributed by atoms with Crippen LogP contribution in [0.1, 0.15) is 38.3 Å². The van der Waals surface area contributed by atoms with Crippen LogP contribution in [0.5, 0.6) is 0 Å². The van der Waals surface area contributed by atoms with Gasteiger partial charge in [0.15, 0.2) is 12.4 Å². The van der Waals surface area contributed by atoms with Gasteiger partial charge in [-0.05, 0) is 73.6 Å². The third kappa shape index (κ3) is 3.66. The number of benzene rings is 2. The molecule has 1 saturated heterocycles. The number of esters is 1. The van der Waals surface area contributed by atoms with E-state index in [9.17, 15) is 19.2 Å². The van der Waals surface area contributed by atoms with Gasteiger partial charge in [-0.25, -0.2) is 4.79 Å². The first kappa shape index (κ1) is 23.4. The van der Waals surface area contributed by atoms with Crippen LogP contribution in [0.3, 0.4) is 0 Å². The quantitative estimate of drug-likeness (QED) is 0.220. The molecule has 1 heterocycles. The number of alkyl halides is 2. The Morgan fingerprint density at radius 3 is 2.00 bits per heavy atom. The average molecular weight is 589 g/mol. The van der Waals surface area contributed by atoms with Gasteiger partial charge in [-0.2, -0.15) is 0 Å². The van der Waals surface area contributed by atoms with Gasteiger partial charge in [0.2, 0.25) is 11.8 Å². The van der Waals surface area contributed by atoms with E-state index in [1.54, 1.807) is 24.3 Å². The lowest BCUT2D eigenvalue weighted by Crippen LogP contribution is -2.37. The average Bonchev–Trinajstić information content (AvgIpc) is 3.44. The zero-order valence-electron chi connectivity index (χ0n) is 18.7. The molecule has 2 bridgehead atoms. The fraction of sp³-hybridized carbons (Fsp3) is 0.385. The van der Waals surface area contributed by atoms with Crippen LogP contribution in [-0.2, 0) is 14.3 Å². The Balaban J connectivity index is 1.25. The van der Waals surface area contributed by atoms with Crippen molar-refractivity contribution < 1.29 is 23.9 Å². The summed E-state index contributed by atoms with van der Waals surface area (Å²) in [5, 5.41) is 0. The molecule has 3 fully saturated rings. The number of imide groups is 1. The summed E-state index contributed by atoms with van der Waals surface area (Å²) in [5.74, 6) is -1.55. The van der Waals surface area contributed by atoms with Crippen molar-refractivity contribution in [1.82, 2.24) is 0 Å². The van der Waals surface area contributed by atoms with Crippen molar-refractivity contribution in [3.63, 3.8) is 0 Å². The minimum atomic E-state index is -0.637. The number of Topliss-reactive ketones (excluding diaryl/α,β-unsaturated/α-hetero) is 1. The number of nitrogens with zero attached hydrogens (tertiary/aromatic N) is 1. The summed E-state index contributed by atoms with van der Waals surface area (Å²) in [4.78, 5) is 52.8. The summed E-state index contributed by atoms with van der Waals surface area (Å²) in [5.41, 5.74) is 3.27. The lowest BCUT2D eigenvalue weighted by atomic mass is 9.81. The van der Waals surface area contributed by atoms with Crippen molar-refractivity contribution in [3.05, 3.63) is 64.7 Å². The van der Waals surface area contributed by atoms with Crippen LogP contribution < -0.4 is 4.90 Å². The largest absolute Gasteiger partial charge is 0.454 e. The molecule has 6 atom stereocenters. The van der Waals surface area contributed by atoms with Gasteiger partial charge in [-0.3, -0.25) is 19.3 Å². The third-order valence-electron chi connectivity index (χ3n) is 7.51. The summed E-state index contributed by atoms with van der Waals surface area (Å²) in [6, 6.07) is 11.6. The first-order chi connectivity index (χ1) is 16.2. The summed E-state index contributed by atoms with van der Waals surface area (Å²) in [7, 11) is 0. The molecule has 5 rings (SSSR count). The zero-order valence-corrected chi connectivity index (χ0v) is 21.8. The number of ether oxygens (including phenoxy) is 1. The number of carbonyl (C=O) groups excluding carboxylic acids is 4. The smallest absolute Gasteiger partial charge is 0.338 e. The summed E-state index contributed by atoms with van der Waals surface area (Å²) in [6.45, 7) is 3.52. The molecule has 6 nitrogen and oxygen atoms in total. The number of hydrogen-bond acceptors (Lipinski definition) is 5. The molecule has 2 aromatic rings. The van der Waals surface area contributed by atoms with Gasteiger partial charge in [-0.1, -0.05) is 44.0 Å². The van der Waals surface area contributed by atoms with Gasteiger partial charge < -0.3 is 4.74 Å². The van der Waals surface area contributed by atoms with Crippen LogP contribution in [0.15, 0.2) is 42.5 Å². The molecule has 2 amide bonds. The minimum absolute atomic E-state index is 0.143. The fourth-order valence-corrected chi connectivity index (χ4v) is 7.44. The van der Waals surface area contributed by atoms with E-state index >= 15 is 0 Å². The molecule has 2 aromatic carbocycles. The molecule has 3 aliphatic rings. The number of halogens is 2. The highest BCUT2D eigenvalue weighted by molar-refractivity contribution is 9.12. The van der Waals surface area contributed by atoms with Crippen molar-refractivity contribution in [2.24, 2.45) is 23.7 Å². The second kappa shape index (κ2) is 8.72. The second-order valence-corrected chi connectivity index (χ2v) is 11.5. The number of ketones is 1. The van der Waals surface area contributed by atoms with Gasteiger partial charge in [0, 0.05) is 15.2 Å². The number of anilines is 1. The van der Waals surface area contributed by atoms with Gasteiger partial charge >= 0.3 is 5.97 Å². The topological polar surface area (TPSA) is 80.8 Å². The molecule has 0 radical (unpaired) electrons. The summed E-state index contributed by atoms with van der Waals surface area (Å²) in [6.07, 6.45) is 0.873. The van der Waals surface area contributed by atoms with Gasteiger partial charge in [-0.15, -0.1) is 0 Å². The molecular weight excluding hydrogens is 566 g/mol. The van der Waals surface area contributed by atoms with Crippen molar-refractivity contribution in [2.75, 3.05) is 11.5 Å². The normalized spacial score (nSPS) is 29.5. The Morgan fingerprint density at radius 1 is 0.882 bits per heavy atom. The second-order valence-electron chi connectivity index (χ2n) is 9.36. The van der Waals surface area contributed by atoms with E-state index in [0.717, 1.165) is 17.5 Å². The van der Waals surface area contributed by atoms with Crippen molar-refractivity contribution in [3.8, 4) is 0 Å². The molecule has 0 N–H and O–H groups in total. The molecule has 1 aliphatic heterocycles. The monoisotopic (exact) mass is 587 g/mol. The Hall–Kier alpha value is -2.32. The maximum Gasteiger partial charge on any atom is 0.338 e. The Kier molecular flexibility index (Phi) is 6.01. The van der Waals surface area contributed by atoms with Crippen LogP contribution in [0.4, 0.5) is 5.69 Å². The van der Waals surface area contributed by atoms with Crippen LogP contribution in [0, 0.1) is 37.5 Å². The Labute approximate surface area is 214 Å². The van der Waals surface area contributed by atoms with E-state index in [-0.39, 0.29) is 63.1 Å². The van der Waals surface area contributed by atoms with E-state index in [1.807, 2.05) is 19.9 Å². The van der Waals surface area contributed by atoms with Crippen LogP contribution >= 0.6 is 31.9 Å². The highest BCUT2D eigenvalue weighted by atomic mass is 79.9. The molecule has 2 saturated carbocycles. The molecule has 34 heavy (non-hydrogen) atoms. The molecule has 176 valence electrons. The first-order valence-electron chi connectivity index (χ1n) is 11.2. The summed E-state index contributed by atoms with van der Waals surface area (Å²) >= 11 is 7.38. The Bertz CT molecular complexity index is 1180. The molecule has 0 spiro atoms. The van der Waals surface area contributed by atoms with Crippen LogP contribution in [0.25, 0.3) is 0 Å². The van der Waals surface area contributed by atoms with Crippen LogP contribution in [-0.4, -0.2) is 39.8 Å². The van der Waals surface area contributed by atoms with E-state index in [4.69, 9.17) is 4.74 Å². The number of amides is 2. The molecule has 0 unspecified atom stereocenters. The maximum atomic E-state index is 13.2. The highest BCUT2D eigenvalue weighted by Gasteiger charge is 2.66. The summed E-state index contributed by atoms with van der Waals surface area (Å²) < 4.78 is 5.20. The lowest BCUT2D eigenvalue weighted by molar-refractivity contribution is -0.123. The number of aryl methyl sites for hydroxylation is 2. The number of carbonyl (C=O) groups is 4. The zero-order chi connectivity index (χ0) is 24.3. The lowest BCUT2D eigenvalue weighted by Gasteiger charge is -2.28. The SMILES string of the molecule is Cc1ccc(C(=O)COC(=O)c2ccc(N3C(=O)[C@H]4[C@@H]5C[C@H]([C@@H](Br)[C@H]5Br)[C@@H]4C3=O)cc2)cc1C. The standard InChI is InChI=1S/C26H23Br2NO5/c1-12-3-4-15(9-13(12)2)19(30)11-34-26(33)14-5-7-16(8-6-14)29-24(31)20-17-10-18(21(20)25(29)32)23(28)22(17)27/h3-9,17-18,20-23H,10-11H2,1-2H3/t17-,18-,20-,21-,22-,23+/m0/s1. The molecule has 8 heteroatoms. The van der Waals surface area contributed by atoms with Crippen molar-refractivity contribution in [2.45, 2.75) is 29.9 Å². The third-order valence-corrected chi connectivity index (χ3v) is 10.7. The van der Waals surface area contributed by atoms with Crippen molar-refractivity contribution in [1.29, 1.82) is 0 Å². The number of hydrogen-bond donors (Lipinski definition) is 0. The number of rotatable bonds is 5. The van der Waals surface area contributed by atoms with E-state index in [1.165, 1.54) is 17.0 Å². The van der Waals surface area contributed by atoms with Gasteiger partial charge in [0.25, 0.3) is 0 Å². The van der Waals surface area contributed by atoms with Gasteiger partial charge in [0.05, 0.1) is 23.1 Å². The maximum absolute atomic E-state index is 13.2. The van der Waals surface area contributed by atoms with E-state index < -0.39 is 5.97 Å². The predicted octanol–water partition coefficient (Wildman–Crippen LogP) is 4.63. The molecular formula is C26H23Br2NO5.